The molecule has 6 nitrogen and oxygen atoms in total. The number of nitrogens with zero attached hydrogens (tertiary/aromatic N) is 2. The van der Waals surface area contributed by atoms with Crippen molar-refractivity contribution < 1.29 is 9.72 Å². The Morgan fingerprint density at radius 1 is 0.967 bits per heavy atom. The van der Waals surface area contributed by atoms with Crippen LogP contribution in [0.15, 0.2) is 72.8 Å². The largest absolute Gasteiger partial charge is 0.322 e. The second kappa shape index (κ2) is 8.10. The monoisotopic (exact) mass is 437 g/mol. The first-order chi connectivity index (χ1) is 14.4. The van der Waals surface area contributed by atoms with E-state index in [0.717, 1.165) is 5.56 Å². The van der Waals surface area contributed by atoms with Crippen LogP contribution in [0.3, 0.4) is 0 Å². The van der Waals surface area contributed by atoms with Crippen LogP contribution in [0.4, 0.5) is 11.4 Å². The van der Waals surface area contributed by atoms with Gasteiger partial charge in [-0.3, -0.25) is 14.9 Å². The first kappa shape index (κ1) is 19.8. The molecule has 3 aromatic carbocycles. The lowest BCUT2D eigenvalue weighted by atomic mass is 10.0. The van der Waals surface area contributed by atoms with E-state index in [2.05, 4.69) is 10.3 Å². The minimum Gasteiger partial charge on any atom is -0.322 e. The number of fused-ring (bicyclic) bond motifs is 1. The van der Waals surface area contributed by atoms with E-state index in [0.29, 0.717) is 27.2 Å². The van der Waals surface area contributed by atoms with E-state index in [4.69, 9.17) is 23.2 Å². The molecule has 0 radical (unpaired) electrons. The van der Waals surface area contributed by atoms with Crippen LogP contribution in [-0.2, 0) is 0 Å². The summed E-state index contributed by atoms with van der Waals surface area (Å²) in [7, 11) is 0. The molecule has 1 amide bonds. The third-order valence-electron chi connectivity index (χ3n) is 4.50. The number of nitro groups is 1. The quantitative estimate of drug-likeness (QED) is 0.296. The van der Waals surface area contributed by atoms with Gasteiger partial charge in [0.2, 0.25) is 0 Å². The molecule has 0 aliphatic carbocycles. The highest BCUT2D eigenvalue weighted by Gasteiger charge is 2.17. The van der Waals surface area contributed by atoms with Crippen LogP contribution in [0, 0.1) is 10.1 Å². The number of carbonyl (C=O) groups is 1. The van der Waals surface area contributed by atoms with Crippen molar-refractivity contribution in [3.63, 3.8) is 0 Å². The lowest BCUT2D eigenvalue weighted by Crippen LogP contribution is -2.13. The van der Waals surface area contributed by atoms with Gasteiger partial charge in [0.05, 0.1) is 21.7 Å². The Kier molecular flexibility index (Phi) is 5.35. The summed E-state index contributed by atoms with van der Waals surface area (Å²) in [6.07, 6.45) is 0. The maximum Gasteiger partial charge on any atom is 0.289 e. The van der Waals surface area contributed by atoms with Gasteiger partial charge in [-0.25, -0.2) is 4.98 Å². The Labute approximate surface area is 181 Å². The van der Waals surface area contributed by atoms with Gasteiger partial charge in [0.25, 0.3) is 11.6 Å². The average Bonchev–Trinajstić information content (AvgIpc) is 2.74. The molecule has 1 N–H and O–H groups in total. The number of amides is 1. The van der Waals surface area contributed by atoms with Crippen molar-refractivity contribution in [3.8, 4) is 11.3 Å². The van der Waals surface area contributed by atoms with Gasteiger partial charge in [0.15, 0.2) is 0 Å². The second-order valence-corrected chi connectivity index (χ2v) is 7.30. The van der Waals surface area contributed by atoms with E-state index >= 15 is 0 Å². The van der Waals surface area contributed by atoms with Crippen LogP contribution < -0.4 is 5.32 Å². The Bertz CT molecular complexity index is 1290. The summed E-state index contributed by atoms with van der Waals surface area (Å²) in [5, 5.41) is 15.1. The molecule has 0 saturated heterocycles. The molecule has 1 aromatic heterocycles. The molecule has 148 valence electrons. The van der Waals surface area contributed by atoms with E-state index in [9.17, 15) is 14.9 Å². The molecule has 0 atom stereocenters. The number of halogens is 2. The lowest BCUT2D eigenvalue weighted by Gasteiger charge is -2.11. The SMILES string of the molecule is O=C(Nc1ccc(Cl)c([N+](=O)[O-])c1)c1cc(-c2ccc(Cl)cc2)nc2ccccc12. The number of aromatic nitrogens is 1. The fraction of sp³-hybridized carbons (Fsp3) is 0. The van der Waals surface area contributed by atoms with Gasteiger partial charge in [0, 0.05) is 27.7 Å². The zero-order chi connectivity index (χ0) is 21.3. The topological polar surface area (TPSA) is 85.1 Å². The normalized spacial score (nSPS) is 10.7. The van der Waals surface area contributed by atoms with E-state index in [1.165, 1.54) is 18.2 Å². The summed E-state index contributed by atoms with van der Waals surface area (Å²) < 4.78 is 0. The Morgan fingerprint density at radius 2 is 1.70 bits per heavy atom. The number of benzene rings is 3. The zero-order valence-corrected chi connectivity index (χ0v) is 16.8. The number of rotatable bonds is 4. The van der Waals surface area contributed by atoms with Crippen molar-refractivity contribution >= 4 is 51.4 Å². The van der Waals surface area contributed by atoms with Gasteiger partial charge in [-0.1, -0.05) is 53.5 Å². The maximum absolute atomic E-state index is 13.1. The van der Waals surface area contributed by atoms with E-state index in [-0.39, 0.29) is 16.4 Å². The number of anilines is 1. The molecule has 1 heterocycles. The van der Waals surface area contributed by atoms with E-state index in [1.54, 1.807) is 24.3 Å². The van der Waals surface area contributed by atoms with E-state index < -0.39 is 10.8 Å². The molecule has 0 fully saturated rings. The number of pyridine rings is 1. The van der Waals surface area contributed by atoms with Crippen LogP contribution >= 0.6 is 23.2 Å². The van der Waals surface area contributed by atoms with Crippen LogP contribution in [0.25, 0.3) is 22.2 Å². The number of nitro benzene ring substituents is 1. The third kappa shape index (κ3) is 3.96. The summed E-state index contributed by atoms with van der Waals surface area (Å²) >= 11 is 11.8. The number of carbonyl (C=O) groups excluding carboxylic acids is 1. The lowest BCUT2D eigenvalue weighted by molar-refractivity contribution is -0.384. The minimum absolute atomic E-state index is 0.00242. The van der Waals surface area contributed by atoms with Crippen molar-refractivity contribution in [2.75, 3.05) is 5.32 Å². The number of nitrogens with one attached hydrogen (secondary N) is 1. The van der Waals surface area contributed by atoms with Gasteiger partial charge in [-0.15, -0.1) is 0 Å². The molecule has 4 rings (SSSR count). The summed E-state index contributed by atoms with van der Waals surface area (Å²) in [5.41, 5.74) is 2.44. The van der Waals surface area contributed by atoms with Crippen molar-refractivity contribution in [3.05, 3.63) is 98.5 Å². The van der Waals surface area contributed by atoms with Crippen molar-refractivity contribution in [1.29, 1.82) is 0 Å². The first-order valence-corrected chi connectivity index (χ1v) is 9.59. The molecule has 30 heavy (non-hydrogen) atoms. The van der Waals surface area contributed by atoms with Gasteiger partial charge in [-0.2, -0.15) is 0 Å². The summed E-state index contributed by atoms with van der Waals surface area (Å²) in [4.78, 5) is 28.2. The van der Waals surface area contributed by atoms with Gasteiger partial charge >= 0.3 is 0 Å². The second-order valence-electron chi connectivity index (χ2n) is 6.46. The Balaban J connectivity index is 1.77. The molecule has 0 saturated carbocycles. The van der Waals surface area contributed by atoms with Crippen LogP contribution in [0.5, 0.6) is 0 Å². The summed E-state index contributed by atoms with van der Waals surface area (Å²) in [6.45, 7) is 0. The zero-order valence-electron chi connectivity index (χ0n) is 15.3. The van der Waals surface area contributed by atoms with Crippen molar-refractivity contribution in [1.82, 2.24) is 4.98 Å². The number of para-hydroxylation sites is 1. The standard InChI is InChI=1S/C22H13Cl2N3O3/c23-14-7-5-13(6-8-14)20-12-17(16-3-1-2-4-19(16)26-20)22(28)25-15-9-10-18(24)21(11-15)27(29)30/h1-12H,(H,25,28). The molecule has 0 spiro atoms. The predicted molar refractivity (Wildman–Crippen MR) is 118 cm³/mol. The van der Waals surface area contributed by atoms with Crippen molar-refractivity contribution in [2.24, 2.45) is 0 Å². The molecule has 0 aliphatic heterocycles. The van der Waals surface area contributed by atoms with Crippen LogP contribution in [0.1, 0.15) is 10.4 Å². The molecular formula is C22H13Cl2N3O3. The molecular weight excluding hydrogens is 425 g/mol. The smallest absolute Gasteiger partial charge is 0.289 e. The first-order valence-electron chi connectivity index (χ1n) is 8.83. The summed E-state index contributed by atoms with van der Waals surface area (Å²) in [5.74, 6) is -0.416. The Morgan fingerprint density at radius 3 is 2.43 bits per heavy atom. The van der Waals surface area contributed by atoms with Gasteiger partial charge in [0.1, 0.15) is 5.02 Å². The molecule has 0 aliphatic rings. The molecule has 8 heteroatoms. The summed E-state index contributed by atoms with van der Waals surface area (Å²) in [6, 6.07) is 20.2. The number of hydrogen-bond donors (Lipinski definition) is 1. The van der Waals surface area contributed by atoms with Gasteiger partial charge < -0.3 is 5.32 Å². The van der Waals surface area contributed by atoms with Crippen molar-refractivity contribution in [2.45, 2.75) is 0 Å². The minimum atomic E-state index is -0.599. The highest BCUT2D eigenvalue weighted by atomic mass is 35.5. The van der Waals surface area contributed by atoms with Crippen LogP contribution in [-0.4, -0.2) is 15.8 Å². The fourth-order valence-corrected chi connectivity index (χ4v) is 3.37. The Hall–Kier alpha value is -3.48. The van der Waals surface area contributed by atoms with Crippen LogP contribution in [0.2, 0.25) is 10.0 Å². The third-order valence-corrected chi connectivity index (χ3v) is 5.07. The number of hydrogen-bond acceptors (Lipinski definition) is 4. The van der Waals surface area contributed by atoms with E-state index in [1.807, 2.05) is 30.3 Å². The molecule has 0 unspecified atom stereocenters. The average molecular weight is 438 g/mol. The highest BCUT2D eigenvalue weighted by Crippen LogP contribution is 2.29. The molecule has 4 aromatic rings. The fourth-order valence-electron chi connectivity index (χ4n) is 3.06. The highest BCUT2D eigenvalue weighted by molar-refractivity contribution is 6.32. The molecule has 0 bridgehead atoms. The predicted octanol–water partition coefficient (Wildman–Crippen LogP) is 6.37. The maximum atomic E-state index is 13.1. The van der Waals surface area contributed by atoms with Gasteiger partial charge in [-0.05, 0) is 36.4 Å².